The maximum absolute atomic E-state index is 11.9. The third-order valence-corrected chi connectivity index (χ3v) is 3.43. The molecular weight excluding hydrogens is 242 g/mol. The average Bonchev–Trinajstić information content (AvgIpc) is 2.44. The number of fused-ring (bicyclic) bond motifs is 1. The topological polar surface area (TPSA) is 65.4 Å². The molecule has 19 heavy (non-hydrogen) atoms. The van der Waals surface area contributed by atoms with E-state index in [2.05, 4.69) is 11.4 Å². The van der Waals surface area contributed by atoms with Gasteiger partial charge in [0.05, 0.1) is 30.1 Å². The highest BCUT2D eigenvalue weighted by atomic mass is 16.5. The van der Waals surface area contributed by atoms with Crippen LogP contribution in [-0.4, -0.2) is 31.7 Å². The molecule has 1 aromatic carbocycles. The van der Waals surface area contributed by atoms with E-state index in [9.17, 15) is 4.79 Å². The number of nitrogens with zero attached hydrogens (tertiary/aromatic N) is 2. The highest BCUT2D eigenvalue weighted by molar-refractivity contribution is 5.87. The summed E-state index contributed by atoms with van der Waals surface area (Å²) in [5, 5.41) is 12.3. The summed E-state index contributed by atoms with van der Waals surface area (Å²) >= 11 is 0. The lowest BCUT2D eigenvalue weighted by molar-refractivity contribution is -0.145. The quantitative estimate of drug-likeness (QED) is 0.819. The molecular formula is C14H17N3O2. The Labute approximate surface area is 112 Å². The molecule has 1 heterocycles. The summed E-state index contributed by atoms with van der Waals surface area (Å²) in [5.74, 6) is -0.289. The van der Waals surface area contributed by atoms with Crippen LogP contribution in [0.2, 0.25) is 0 Å². The number of nitriles is 1. The number of methoxy groups -OCH3 is 1. The normalized spacial score (nSPS) is 14.1. The third kappa shape index (κ3) is 2.22. The lowest BCUT2D eigenvalue weighted by atomic mass is 9.99. The molecule has 1 aromatic rings. The van der Waals surface area contributed by atoms with E-state index in [4.69, 9.17) is 10.00 Å². The molecule has 0 saturated carbocycles. The smallest absolute Gasteiger partial charge is 0.331 e. The molecule has 0 amide bonds. The van der Waals surface area contributed by atoms with E-state index in [1.54, 1.807) is 12.1 Å². The van der Waals surface area contributed by atoms with Crippen molar-refractivity contribution in [1.29, 1.82) is 5.26 Å². The molecule has 0 spiro atoms. The van der Waals surface area contributed by atoms with Gasteiger partial charge in [0.15, 0.2) is 0 Å². The third-order valence-electron chi connectivity index (χ3n) is 3.43. The van der Waals surface area contributed by atoms with Crippen molar-refractivity contribution in [2.45, 2.75) is 19.4 Å². The van der Waals surface area contributed by atoms with Gasteiger partial charge >= 0.3 is 5.97 Å². The summed E-state index contributed by atoms with van der Waals surface area (Å²) in [5.41, 5.74) is 1.61. The van der Waals surface area contributed by atoms with Crippen LogP contribution >= 0.6 is 0 Å². The number of carbonyl (C=O) groups is 1. The second-order valence-corrected chi connectivity index (χ2v) is 4.97. The van der Waals surface area contributed by atoms with Crippen LogP contribution in [0, 0.1) is 11.3 Å². The number of hydrogen-bond acceptors (Lipinski definition) is 5. The van der Waals surface area contributed by atoms with Crippen LogP contribution < -0.4 is 10.2 Å². The Morgan fingerprint density at radius 1 is 1.53 bits per heavy atom. The first-order valence-electron chi connectivity index (χ1n) is 6.15. The summed E-state index contributed by atoms with van der Waals surface area (Å²) in [7, 11) is 1.39. The highest BCUT2D eigenvalue weighted by Gasteiger charge is 2.38. The van der Waals surface area contributed by atoms with E-state index in [0.29, 0.717) is 12.1 Å². The van der Waals surface area contributed by atoms with Crippen molar-refractivity contribution in [3.8, 4) is 6.07 Å². The lowest BCUT2D eigenvalue weighted by Gasteiger charge is -2.41. The molecule has 0 aliphatic carbocycles. The van der Waals surface area contributed by atoms with Crippen molar-refractivity contribution in [2.24, 2.45) is 0 Å². The van der Waals surface area contributed by atoms with E-state index in [1.807, 2.05) is 24.8 Å². The number of rotatable bonds is 2. The summed E-state index contributed by atoms with van der Waals surface area (Å²) in [6.07, 6.45) is 0. The molecule has 0 unspecified atom stereocenters. The van der Waals surface area contributed by atoms with Crippen molar-refractivity contribution < 1.29 is 9.53 Å². The van der Waals surface area contributed by atoms with Crippen molar-refractivity contribution in [3.63, 3.8) is 0 Å². The molecule has 0 aromatic heterocycles. The van der Waals surface area contributed by atoms with Crippen LogP contribution in [0.15, 0.2) is 18.2 Å². The Morgan fingerprint density at radius 3 is 2.89 bits per heavy atom. The molecule has 0 radical (unpaired) electrons. The molecule has 1 aliphatic rings. The highest BCUT2D eigenvalue weighted by Crippen LogP contribution is 2.35. The Balaban J connectivity index is 2.47. The number of ether oxygens (including phenoxy) is 1. The SMILES string of the molecule is COC(=O)C(C)(C)N1CCNc2ccc(C#N)cc21. The Kier molecular flexibility index (Phi) is 3.34. The van der Waals surface area contributed by atoms with Gasteiger partial charge < -0.3 is 15.0 Å². The first kappa shape index (κ1) is 13.2. The van der Waals surface area contributed by atoms with Crippen LogP contribution in [-0.2, 0) is 9.53 Å². The number of hydrogen-bond donors (Lipinski definition) is 1. The van der Waals surface area contributed by atoms with Crippen LogP contribution in [0.3, 0.4) is 0 Å². The van der Waals surface area contributed by atoms with Gasteiger partial charge in [-0.2, -0.15) is 5.26 Å². The minimum Gasteiger partial charge on any atom is -0.467 e. The Hall–Kier alpha value is -2.22. The Bertz CT molecular complexity index is 546. The van der Waals surface area contributed by atoms with Gasteiger partial charge in [-0.3, -0.25) is 0 Å². The van der Waals surface area contributed by atoms with Gasteiger partial charge in [-0.1, -0.05) is 0 Å². The molecule has 5 nitrogen and oxygen atoms in total. The molecule has 0 atom stereocenters. The fourth-order valence-electron chi connectivity index (χ4n) is 2.34. The second-order valence-electron chi connectivity index (χ2n) is 4.97. The molecule has 0 fully saturated rings. The lowest BCUT2D eigenvalue weighted by Crippen LogP contribution is -2.54. The molecule has 1 aliphatic heterocycles. The standard InChI is InChI=1S/C14H17N3O2/c1-14(2,13(18)19-3)17-7-6-16-11-5-4-10(9-15)8-12(11)17/h4-5,8,16H,6-7H2,1-3H3. The van der Waals surface area contributed by atoms with Gasteiger partial charge in [0.1, 0.15) is 5.54 Å². The molecule has 2 rings (SSSR count). The fraction of sp³-hybridized carbons (Fsp3) is 0.429. The van der Waals surface area contributed by atoms with E-state index < -0.39 is 5.54 Å². The summed E-state index contributed by atoms with van der Waals surface area (Å²) in [6, 6.07) is 7.55. The molecule has 1 N–H and O–H groups in total. The van der Waals surface area contributed by atoms with Gasteiger partial charge in [-0.05, 0) is 32.0 Å². The number of esters is 1. The number of carbonyl (C=O) groups excluding carboxylic acids is 1. The van der Waals surface area contributed by atoms with Gasteiger partial charge in [0.25, 0.3) is 0 Å². The minimum atomic E-state index is -0.764. The van der Waals surface area contributed by atoms with E-state index in [1.165, 1.54) is 7.11 Å². The summed E-state index contributed by atoms with van der Waals surface area (Å²) in [4.78, 5) is 13.9. The van der Waals surface area contributed by atoms with Crippen molar-refractivity contribution in [2.75, 3.05) is 30.4 Å². The van der Waals surface area contributed by atoms with E-state index >= 15 is 0 Å². The Morgan fingerprint density at radius 2 is 2.26 bits per heavy atom. The van der Waals surface area contributed by atoms with Crippen LogP contribution in [0.5, 0.6) is 0 Å². The first-order valence-corrected chi connectivity index (χ1v) is 6.15. The number of benzene rings is 1. The zero-order chi connectivity index (χ0) is 14.0. The van der Waals surface area contributed by atoms with Gasteiger partial charge in [-0.25, -0.2) is 4.79 Å². The largest absolute Gasteiger partial charge is 0.467 e. The maximum atomic E-state index is 11.9. The van der Waals surface area contributed by atoms with Gasteiger partial charge in [-0.15, -0.1) is 0 Å². The molecule has 0 saturated heterocycles. The summed E-state index contributed by atoms with van der Waals surface area (Å²) < 4.78 is 4.87. The van der Waals surface area contributed by atoms with Crippen molar-refractivity contribution in [1.82, 2.24) is 0 Å². The average molecular weight is 259 g/mol. The van der Waals surface area contributed by atoms with Gasteiger partial charge in [0.2, 0.25) is 0 Å². The van der Waals surface area contributed by atoms with Crippen LogP contribution in [0.25, 0.3) is 0 Å². The number of anilines is 2. The number of nitrogens with one attached hydrogen (secondary N) is 1. The monoisotopic (exact) mass is 259 g/mol. The zero-order valence-corrected chi connectivity index (χ0v) is 11.4. The molecule has 100 valence electrons. The van der Waals surface area contributed by atoms with Gasteiger partial charge in [0, 0.05) is 13.1 Å². The first-order chi connectivity index (χ1) is 9.00. The predicted molar refractivity (Wildman–Crippen MR) is 73.1 cm³/mol. The molecule has 5 heteroatoms. The van der Waals surface area contributed by atoms with Crippen LogP contribution in [0.4, 0.5) is 11.4 Å². The summed E-state index contributed by atoms with van der Waals surface area (Å²) in [6.45, 7) is 5.09. The maximum Gasteiger partial charge on any atom is 0.331 e. The minimum absolute atomic E-state index is 0.289. The van der Waals surface area contributed by atoms with Crippen molar-refractivity contribution in [3.05, 3.63) is 23.8 Å². The predicted octanol–water partition coefficient (Wildman–Crippen LogP) is 1.74. The van der Waals surface area contributed by atoms with E-state index in [-0.39, 0.29) is 5.97 Å². The zero-order valence-electron chi connectivity index (χ0n) is 11.4. The molecule has 0 bridgehead atoms. The fourth-order valence-corrected chi connectivity index (χ4v) is 2.34. The van der Waals surface area contributed by atoms with Crippen LogP contribution in [0.1, 0.15) is 19.4 Å². The van der Waals surface area contributed by atoms with E-state index in [0.717, 1.165) is 17.9 Å². The van der Waals surface area contributed by atoms with Crippen molar-refractivity contribution >= 4 is 17.3 Å². The second kappa shape index (κ2) is 4.81.